The Bertz CT molecular complexity index is 853. The Kier molecular flexibility index (Phi) is 4.93. The number of hydrogen-bond acceptors (Lipinski definition) is 5. The highest BCUT2D eigenvalue weighted by Gasteiger charge is 2.08. The molecule has 5 heteroatoms. The third kappa shape index (κ3) is 4.32. The summed E-state index contributed by atoms with van der Waals surface area (Å²) in [6.45, 7) is 8.48. The van der Waals surface area contributed by atoms with Crippen LogP contribution in [0.3, 0.4) is 0 Å². The van der Waals surface area contributed by atoms with Gasteiger partial charge >= 0.3 is 0 Å². The number of nitrogens with one attached hydrogen (secondary N) is 2. The van der Waals surface area contributed by atoms with Crippen molar-refractivity contribution in [2.24, 2.45) is 0 Å². The lowest BCUT2D eigenvalue weighted by atomic mass is 10.0. The van der Waals surface area contributed by atoms with Gasteiger partial charge in [-0.15, -0.1) is 5.10 Å². The van der Waals surface area contributed by atoms with Gasteiger partial charge in [0, 0.05) is 11.4 Å². The summed E-state index contributed by atoms with van der Waals surface area (Å²) in [5.74, 6) is 1.54. The van der Waals surface area contributed by atoms with Crippen molar-refractivity contribution in [2.75, 3.05) is 10.6 Å². The quantitative estimate of drug-likeness (QED) is 0.680. The topological polar surface area (TPSA) is 62.7 Å². The van der Waals surface area contributed by atoms with Gasteiger partial charge in [0.1, 0.15) is 0 Å². The van der Waals surface area contributed by atoms with Gasteiger partial charge in [0.25, 0.3) is 0 Å². The minimum Gasteiger partial charge on any atom is -0.339 e. The molecule has 1 heterocycles. The van der Waals surface area contributed by atoms with Crippen molar-refractivity contribution < 1.29 is 0 Å². The Balaban J connectivity index is 1.82. The normalized spacial score (nSPS) is 10.8. The van der Waals surface area contributed by atoms with Gasteiger partial charge in [-0.3, -0.25) is 0 Å². The fourth-order valence-corrected chi connectivity index (χ4v) is 2.85. The molecule has 2 aromatic carbocycles. The maximum absolute atomic E-state index is 4.53. The van der Waals surface area contributed by atoms with Gasteiger partial charge in [-0.05, 0) is 54.7 Å². The van der Waals surface area contributed by atoms with Crippen molar-refractivity contribution in [1.82, 2.24) is 15.2 Å². The highest BCUT2D eigenvalue weighted by atomic mass is 15.3. The minimum atomic E-state index is 0.410. The third-order valence-corrected chi connectivity index (χ3v) is 3.88. The van der Waals surface area contributed by atoms with Crippen LogP contribution in [0, 0.1) is 13.8 Å². The molecule has 0 atom stereocenters. The molecule has 0 amide bonds. The molecular formula is C20H23N5. The maximum Gasteiger partial charge on any atom is 0.249 e. The number of benzene rings is 2. The van der Waals surface area contributed by atoms with Gasteiger partial charge in [0.05, 0.1) is 6.20 Å². The molecule has 0 saturated carbocycles. The van der Waals surface area contributed by atoms with Crippen LogP contribution in [0.5, 0.6) is 0 Å². The Morgan fingerprint density at radius 3 is 2.36 bits per heavy atom. The van der Waals surface area contributed by atoms with E-state index in [2.05, 4.69) is 77.8 Å². The van der Waals surface area contributed by atoms with Gasteiger partial charge < -0.3 is 10.6 Å². The van der Waals surface area contributed by atoms with Crippen LogP contribution in [0.4, 0.5) is 23.1 Å². The van der Waals surface area contributed by atoms with Crippen LogP contribution in [0.15, 0.2) is 48.7 Å². The molecule has 0 bridgehead atoms. The maximum atomic E-state index is 4.53. The molecule has 0 aliphatic carbocycles. The van der Waals surface area contributed by atoms with E-state index in [4.69, 9.17) is 0 Å². The van der Waals surface area contributed by atoms with E-state index >= 15 is 0 Å². The van der Waals surface area contributed by atoms with E-state index in [1.165, 1.54) is 16.7 Å². The van der Waals surface area contributed by atoms with Crippen molar-refractivity contribution in [3.8, 4) is 0 Å². The van der Waals surface area contributed by atoms with Crippen molar-refractivity contribution >= 4 is 23.1 Å². The molecule has 0 aliphatic heterocycles. The van der Waals surface area contributed by atoms with E-state index in [9.17, 15) is 0 Å². The van der Waals surface area contributed by atoms with Gasteiger partial charge in [0.15, 0.2) is 5.82 Å². The molecule has 3 aromatic rings. The highest BCUT2D eigenvalue weighted by Crippen LogP contribution is 2.26. The van der Waals surface area contributed by atoms with E-state index in [0.29, 0.717) is 17.7 Å². The summed E-state index contributed by atoms with van der Waals surface area (Å²) in [5, 5.41) is 14.7. The van der Waals surface area contributed by atoms with E-state index < -0.39 is 0 Å². The first kappa shape index (κ1) is 16.9. The third-order valence-electron chi connectivity index (χ3n) is 3.88. The average molecular weight is 333 g/mol. The number of rotatable bonds is 5. The molecule has 5 nitrogen and oxygen atoms in total. The van der Waals surface area contributed by atoms with Gasteiger partial charge in [-0.25, -0.2) is 0 Å². The molecule has 128 valence electrons. The molecule has 0 unspecified atom stereocenters. The Hall–Kier alpha value is -2.95. The predicted octanol–water partition coefficient (Wildman–Crippen LogP) is 5.10. The number of nitrogens with zero attached hydrogens (tertiary/aromatic N) is 3. The molecule has 0 radical (unpaired) electrons. The van der Waals surface area contributed by atoms with E-state index in [1.807, 2.05) is 18.2 Å². The summed E-state index contributed by atoms with van der Waals surface area (Å²) < 4.78 is 0. The summed E-state index contributed by atoms with van der Waals surface area (Å²) in [7, 11) is 0. The molecule has 25 heavy (non-hydrogen) atoms. The van der Waals surface area contributed by atoms with Crippen LogP contribution in [-0.4, -0.2) is 15.2 Å². The second kappa shape index (κ2) is 7.30. The second-order valence-corrected chi connectivity index (χ2v) is 6.53. The van der Waals surface area contributed by atoms with Crippen LogP contribution >= 0.6 is 0 Å². The Morgan fingerprint density at radius 2 is 1.64 bits per heavy atom. The molecule has 0 spiro atoms. The first-order chi connectivity index (χ1) is 12.0. The summed E-state index contributed by atoms with van der Waals surface area (Å²) in [4.78, 5) is 4.53. The Morgan fingerprint density at radius 1 is 0.920 bits per heavy atom. The molecule has 3 rings (SSSR count). The molecule has 1 aromatic heterocycles. The number of para-hydroxylation sites is 1. The molecule has 0 aliphatic rings. The largest absolute Gasteiger partial charge is 0.339 e. The monoisotopic (exact) mass is 333 g/mol. The smallest absolute Gasteiger partial charge is 0.249 e. The van der Waals surface area contributed by atoms with Crippen LogP contribution in [0.1, 0.15) is 36.5 Å². The van der Waals surface area contributed by atoms with Crippen LogP contribution < -0.4 is 10.6 Å². The van der Waals surface area contributed by atoms with E-state index in [0.717, 1.165) is 11.4 Å². The lowest BCUT2D eigenvalue weighted by molar-refractivity contribution is 0.867. The lowest BCUT2D eigenvalue weighted by Crippen LogP contribution is -2.04. The molecule has 2 N–H and O–H groups in total. The second-order valence-electron chi connectivity index (χ2n) is 6.53. The standard InChI is InChI=1S/C20H23N5/c1-13(2)17-7-5-6-8-18(17)23-20-24-19(12-21-25-20)22-16-10-14(3)9-15(4)11-16/h5-13H,1-4H3,(H2,22,23,24,25). The predicted molar refractivity (Wildman–Crippen MR) is 103 cm³/mol. The van der Waals surface area contributed by atoms with Crippen molar-refractivity contribution in [3.05, 3.63) is 65.4 Å². The van der Waals surface area contributed by atoms with Crippen LogP contribution in [-0.2, 0) is 0 Å². The minimum absolute atomic E-state index is 0.410. The number of aryl methyl sites for hydroxylation is 2. The van der Waals surface area contributed by atoms with Crippen molar-refractivity contribution in [2.45, 2.75) is 33.6 Å². The van der Waals surface area contributed by atoms with Gasteiger partial charge in [0.2, 0.25) is 5.95 Å². The van der Waals surface area contributed by atoms with Crippen LogP contribution in [0.25, 0.3) is 0 Å². The lowest BCUT2D eigenvalue weighted by Gasteiger charge is -2.14. The van der Waals surface area contributed by atoms with Crippen molar-refractivity contribution in [1.29, 1.82) is 0 Å². The van der Waals surface area contributed by atoms with Gasteiger partial charge in [-0.1, -0.05) is 38.1 Å². The zero-order chi connectivity index (χ0) is 17.8. The van der Waals surface area contributed by atoms with Crippen molar-refractivity contribution in [3.63, 3.8) is 0 Å². The number of aromatic nitrogens is 3. The number of anilines is 4. The fraction of sp³-hybridized carbons (Fsp3) is 0.250. The average Bonchev–Trinajstić information content (AvgIpc) is 2.54. The zero-order valence-electron chi connectivity index (χ0n) is 15.0. The summed E-state index contributed by atoms with van der Waals surface area (Å²) in [6, 6.07) is 14.5. The first-order valence-corrected chi connectivity index (χ1v) is 8.42. The summed E-state index contributed by atoms with van der Waals surface area (Å²) >= 11 is 0. The summed E-state index contributed by atoms with van der Waals surface area (Å²) in [6.07, 6.45) is 1.62. The van der Waals surface area contributed by atoms with Crippen LogP contribution in [0.2, 0.25) is 0 Å². The molecule has 0 saturated heterocycles. The van der Waals surface area contributed by atoms with E-state index in [1.54, 1.807) is 6.20 Å². The number of hydrogen-bond donors (Lipinski definition) is 2. The molecular weight excluding hydrogens is 310 g/mol. The van der Waals surface area contributed by atoms with Gasteiger partial charge in [-0.2, -0.15) is 10.1 Å². The SMILES string of the molecule is Cc1cc(C)cc(Nc2cnnc(Nc3ccccc3C(C)C)n2)c1. The fourth-order valence-electron chi connectivity index (χ4n) is 2.85. The highest BCUT2D eigenvalue weighted by molar-refractivity contribution is 5.62. The Labute approximate surface area is 148 Å². The summed E-state index contributed by atoms with van der Waals surface area (Å²) in [5.41, 5.74) is 5.62. The van der Waals surface area contributed by atoms with E-state index in [-0.39, 0.29) is 0 Å². The molecule has 0 fully saturated rings. The zero-order valence-corrected chi connectivity index (χ0v) is 15.0. The first-order valence-electron chi connectivity index (χ1n) is 8.42.